The monoisotopic (exact) mass is 258 g/mol. The van der Waals surface area contributed by atoms with Crippen LogP contribution in [0.25, 0.3) is 0 Å². The van der Waals surface area contributed by atoms with Crippen molar-refractivity contribution in [3.05, 3.63) is 35.4 Å². The van der Waals surface area contributed by atoms with Gasteiger partial charge in [0.25, 0.3) is 0 Å². The van der Waals surface area contributed by atoms with E-state index in [0.29, 0.717) is 0 Å². The largest absolute Gasteiger partial charge is 0.132 e. The number of unbranched alkanes of at least 4 members (excludes halogenated alkanes) is 2. The molecule has 0 fully saturated rings. The van der Waals surface area contributed by atoms with Crippen LogP contribution in [0.5, 0.6) is 0 Å². The van der Waals surface area contributed by atoms with Crippen LogP contribution >= 0.6 is 0 Å². The van der Waals surface area contributed by atoms with Gasteiger partial charge in [0.1, 0.15) is 8.07 Å². The number of aryl methyl sites for hydroxylation is 1. The quantitative estimate of drug-likeness (QED) is 0.403. The maximum absolute atomic E-state index is 3.42. The summed E-state index contributed by atoms with van der Waals surface area (Å²) in [7, 11) is -1.20. The second kappa shape index (κ2) is 7.44. The molecule has 0 aliphatic heterocycles. The Hall–Kier alpha value is -1.00. The fraction of sp³-hybridized carbons (Fsp3) is 0.529. The lowest BCUT2D eigenvalue weighted by atomic mass is 10.0. The normalized spacial score (nSPS) is 10.9. The van der Waals surface area contributed by atoms with Crippen molar-refractivity contribution < 1.29 is 0 Å². The molecule has 0 unspecified atom stereocenters. The molecule has 0 atom stereocenters. The molecule has 98 valence electrons. The van der Waals surface area contributed by atoms with Gasteiger partial charge >= 0.3 is 0 Å². The molecule has 18 heavy (non-hydrogen) atoms. The zero-order valence-corrected chi connectivity index (χ0v) is 13.3. The molecule has 0 nitrogen and oxygen atoms in total. The molecule has 0 aliphatic rings. The van der Waals surface area contributed by atoms with Crippen molar-refractivity contribution >= 4 is 8.07 Å². The third-order valence-corrected chi connectivity index (χ3v) is 3.77. The first-order valence-corrected chi connectivity index (χ1v) is 10.6. The van der Waals surface area contributed by atoms with Crippen molar-refractivity contribution in [2.45, 2.75) is 58.7 Å². The second-order valence-electron chi connectivity index (χ2n) is 6.00. The highest BCUT2D eigenvalue weighted by Crippen LogP contribution is 2.09. The fourth-order valence-electron chi connectivity index (χ4n) is 1.81. The summed E-state index contributed by atoms with van der Waals surface area (Å²) in [5.74, 6) is 3.33. The summed E-state index contributed by atoms with van der Waals surface area (Å²) in [6.07, 6.45) is 6.06. The van der Waals surface area contributed by atoms with E-state index < -0.39 is 8.07 Å². The minimum Gasteiger partial charge on any atom is -0.132 e. The lowest BCUT2D eigenvalue weighted by Gasteiger charge is -2.04. The lowest BCUT2D eigenvalue weighted by Crippen LogP contribution is -2.16. The lowest BCUT2D eigenvalue weighted by molar-refractivity contribution is 0.717. The third-order valence-electron chi connectivity index (χ3n) is 2.85. The highest BCUT2D eigenvalue weighted by atomic mass is 28.3. The van der Waals surface area contributed by atoms with Gasteiger partial charge in [0, 0.05) is 6.42 Å². The highest BCUT2D eigenvalue weighted by molar-refractivity contribution is 6.83. The second-order valence-corrected chi connectivity index (χ2v) is 10.8. The van der Waals surface area contributed by atoms with E-state index in [-0.39, 0.29) is 0 Å². The smallest absolute Gasteiger partial charge is 0.129 e. The molecule has 0 aromatic heterocycles. The Kier molecular flexibility index (Phi) is 6.22. The zero-order valence-electron chi connectivity index (χ0n) is 12.3. The van der Waals surface area contributed by atoms with E-state index >= 15 is 0 Å². The van der Waals surface area contributed by atoms with Crippen molar-refractivity contribution in [1.29, 1.82) is 0 Å². The number of hydrogen-bond acceptors (Lipinski definition) is 0. The standard InChI is InChI=1S/C17H26Si/c1-5-6-7-9-16-11-13-17(14-12-16)10-8-15-18(2,3)4/h11-14H,5-7,9-10H2,1-4H3. The van der Waals surface area contributed by atoms with Gasteiger partial charge in [-0.2, -0.15) is 0 Å². The summed E-state index contributed by atoms with van der Waals surface area (Å²) < 4.78 is 0. The summed E-state index contributed by atoms with van der Waals surface area (Å²) in [5.41, 5.74) is 6.23. The van der Waals surface area contributed by atoms with E-state index in [0.717, 1.165) is 6.42 Å². The van der Waals surface area contributed by atoms with E-state index in [1.807, 2.05) is 0 Å². The van der Waals surface area contributed by atoms with Gasteiger partial charge in [-0.15, -0.1) is 11.5 Å². The Balaban J connectivity index is 2.47. The first-order valence-electron chi connectivity index (χ1n) is 7.09. The van der Waals surface area contributed by atoms with Crippen LogP contribution in [0.4, 0.5) is 0 Å². The van der Waals surface area contributed by atoms with E-state index in [2.05, 4.69) is 62.3 Å². The van der Waals surface area contributed by atoms with Gasteiger partial charge in [0.2, 0.25) is 0 Å². The van der Waals surface area contributed by atoms with E-state index in [4.69, 9.17) is 0 Å². The molecule has 1 aromatic carbocycles. The van der Waals surface area contributed by atoms with Crippen LogP contribution in [-0.2, 0) is 12.8 Å². The minimum atomic E-state index is -1.20. The zero-order chi connectivity index (χ0) is 13.4. The number of benzene rings is 1. The van der Waals surface area contributed by atoms with Gasteiger partial charge in [-0.3, -0.25) is 0 Å². The third kappa shape index (κ3) is 6.66. The first kappa shape index (κ1) is 15.1. The Morgan fingerprint density at radius 3 is 2.11 bits per heavy atom. The van der Waals surface area contributed by atoms with E-state index in [9.17, 15) is 0 Å². The molecule has 0 bridgehead atoms. The minimum absolute atomic E-state index is 0.902. The summed E-state index contributed by atoms with van der Waals surface area (Å²) in [5, 5.41) is 0. The van der Waals surface area contributed by atoms with E-state index in [1.165, 1.54) is 36.8 Å². The number of hydrogen-bond donors (Lipinski definition) is 0. The van der Waals surface area contributed by atoms with Gasteiger partial charge in [0.15, 0.2) is 0 Å². The molecular weight excluding hydrogens is 232 g/mol. The van der Waals surface area contributed by atoms with E-state index in [1.54, 1.807) is 0 Å². The Morgan fingerprint density at radius 2 is 1.56 bits per heavy atom. The topological polar surface area (TPSA) is 0 Å². The van der Waals surface area contributed by atoms with Crippen molar-refractivity contribution in [2.75, 3.05) is 0 Å². The molecule has 0 aliphatic carbocycles. The Bertz CT molecular complexity index is 398. The van der Waals surface area contributed by atoms with Crippen molar-refractivity contribution in [2.24, 2.45) is 0 Å². The van der Waals surface area contributed by atoms with Gasteiger partial charge in [-0.05, 0) is 24.0 Å². The SMILES string of the molecule is CCCCCc1ccc(CC#C[Si](C)(C)C)cc1. The van der Waals surface area contributed by atoms with Crippen molar-refractivity contribution in [3.8, 4) is 11.5 Å². The molecule has 1 heteroatoms. The average Bonchev–Trinajstić information content (AvgIpc) is 2.30. The molecular formula is C17H26Si. The van der Waals surface area contributed by atoms with Gasteiger partial charge in [-0.1, -0.05) is 63.7 Å². The summed E-state index contributed by atoms with van der Waals surface area (Å²) in [6, 6.07) is 9.00. The fourth-order valence-corrected chi connectivity index (χ4v) is 2.43. The predicted octanol–water partition coefficient (Wildman–Crippen LogP) is 4.84. The van der Waals surface area contributed by atoms with Crippen LogP contribution in [0, 0.1) is 11.5 Å². The molecule has 0 spiro atoms. The molecule has 0 saturated carbocycles. The van der Waals surface area contributed by atoms with Crippen LogP contribution < -0.4 is 0 Å². The van der Waals surface area contributed by atoms with Crippen LogP contribution in [-0.4, -0.2) is 8.07 Å². The Morgan fingerprint density at radius 1 is 0.944 bits per heavy atom. The molecule has 0 amide bonds. The molecule has 0 radical (unpaired) electrons. The number of rotatable bonds is 5. The summed E-state index contributed by atoms with van der Waals surface area (Å²) in [6.45, 7) is 9.12. The van der Waals surface area contributed by atoms with Gasteiger partial charge < -0.3 is 0 Å². The van der Waals surface area contributed by atoms with Crippen LogP contribution in [0.3, 0.4) is 0 Å². The summed E-state index contributed by atoms with van der Waals surface area (Å²) >= 11 is 0. The summed E-state index contributed by atoms with van der Waals surface area (Å²) in [4.78, 5) is 0. The molecule has 0 heterocycles. The van der Waals surface area contributed by atoms with Crippen molar-refractivity contribution in [3.63, 3.8) is 0 Å². The van der Waals surface area contributed by atoms with Crippen LogP contribution in [0.2, 0.25) is 19.6 Å². The Labute approximate surface area is 114 Å². The average molecular weight is 258 g/mol. The highest BCUT2D eigenvalue weighted by Gasteiger charge is 2.06. The van der Waals surface area contributed by atoms with Crippen molar-refractivity contribution in [1.82, 2.24) is 0 Å². The maximum Gasteiger partial charge on any atom is 0.129 e. The molecule has 0 saturated heterocycles. The molecule has 1 rings (SSSR count). The van der Waals surface area contributed by atoms with Crippen LogP contribution in [0.15, 0.2) is 24.3 Å². The maximum atomic E-state index is 3.42. The van der Waals surface area contributed by atoms with Gasteiger partial charge in [-0.25, -0.2) is 0 Å². The molecule has 0 N–H and O–H groups in total. The predicted molar refractivity (Wildman–Crippen MR) is 84.5 cm³/mol. The first-order chi connectivity index (χ1) is 8.51. The molecule has 1 aromatic rings. The van der Waals surface area contributed by atoms with Crippen LogP contribution in [0.1, 0.15) is 37.3 Å². The van der Waals surface area contributed by atoms with Gasteiger partial charge in [0.05, 0.1) is 0 Å².